The van der Waals surface area contributed by atoms with E-state index < -0.39 is 0 Å². The van der Waals surface area contributed by atoms with Crippen LogP contribution in [0.1, 0.15) is 48.0 Å². The Hall–Kier alpha value is -0.0800. The molecular formula is C12H27NO. The molecule has 0 aromatic carbocycles. The third-order valence-corrected chi connectivity index (χ3v) is 2.16. The highest BCUT2D eigenvalue weighted by Gasteiger charge is 2.18. The lowest BCUT2D eigenvalue weighted by Crippen LogP contribution is -2.30. The van der Waals surface area contributed by atoms with Crippen molar-refractivity contribution in [2.24, 2.45) is 5.41 Å². The maximum absolute atomic E-state index is 5.64. The van der Waals surface area contributed by atoms with E-state index in [9.17, 15) is 0 Å². The highest BCUT2D eigenvalue weighted by Crippen LogP contribution is 2.20. The summed E-state index contributed by atoms with van der Waals surface area (Å²) in [4.78, 5) is 0. The fourth-order valence-corrected chi connectivity index (χ4v) is 1.16. The van der Waals surface area contributed by atoms with Gasteiger partial charge in [-0.25, -0.2) is 0 Å². The van der Waals surface area contributed by atoms with Crippen LogP contribution in [-0.4, -0.2) is 25.3 Å². The molecule has 0 spiro atoms. The zero-order valence-electron chi connectivity index (χ0n) is 10.7. The number of ether oxygens (including phenoxy) is 1. The summed E-state index contributed by atoms with van der Waals surface area (Å²) in [5, 5.41) is 3.43. The van der Waals surface area contributed by atoms with Crippen molar-refractivity contribution in [3.63, 3.8) is 0 Å². The average molecular weight is 201 g/mol. The Morgan fingerprint density at radius 2 is 1.71 bits per heavy atom. The van der Waals surface area contributed by atoms with Crippen molar-refractivity contribution in [3.8, 4) is 0 Å². The lowest BCUT2D eigenvalue weighted by molar-refractivity contribution is 0.0182. The van der Waals surface area contributed by atoms with Gasteiger partial charge in [-0.15, -0.1) is 0 Å². The lowest BCUT2D eigenvalue weighted by atomic mass is 9.90. The fraction of sp³-hybridized carbons (Fsp3) is 1.00. The summed E-state index contributed by atoms with van der Waals surface area (Å²) in [6, 6.07) is 0.580. The Labute approximate surface area is 89.4 Å². The van der Waals surface area contributed by atoms with Crippen LogP contribution >= 0.6 is 0 Å². The third kappa shape index (κ3) is 8.52. The number of hydrogen-bond acceptors (Lipinski definition) is 2. The van der Waals surface area contributed by atoms with Gasteiger partial charge in [0.2, 0.25) is 0 Å². The minimum absolute atomic E-state index is 0.284. The summed E-state index contributed by atoms with van der Waals surface area (Å²) >= 11 is 0. The molecule has 0 aliphatic rings. The van der Waals surface area contributed by atoms with Crippen LogP contribution in [-0.2, 0) is 4.74 Å². The Balaban J connectivity index is 3.61. The smallest absolute Gasteiger partial charge is 0.0521 e. The van der Waals surface area contributed by atoms with Crippen LogP contribution in [0.4, 0.5) is 0 Å². The molecule has 0 aromatic heterocycles. The maximum atomic E-state index is 5.64. The number of hydrogen-bond donors (Lipinski definition) is 1. The van der Waals surface area contributed by atoms with Gasteiger partial charge in [-0.05, 0) is 32.2 Å². The lowest BCUT2D eigenvalue weighted by Gasteiger charge is -2.26. The SMILES string of the molecule is CC(C)NCCC(C)(C)COC(C)C. The molecule has 14 heavy (non-hydrogen) atoms. The molecule has 0 atom stereocenters. The third-order valence-electron chi connectivity index (χ3n) is 2.16. The number of nitrogens with one attached hydrogen (secondary N) is 1. The van der Waals surface area contributed by atoms with E-state index in [1.54, 1.807) is 0 Å². The molecule has 2 nitrogen and oxygen atoms in total. The van der Waals surface area contributed by atoms with E-state index in [4.69, 9.17) is 4.74 Å². The Morgan fingerprint density at radius 1 is 1.14 bits per heavy atom. The summed E-state index contributed by atoms with van der Waals surface area (Å²) in [5.41, 5.74) is 0.284. The molecule has 0 aliphatic heterocycles. The van der Waals surface area contributed by atoms with Crippen LogP contribution in [0, 0.1) is 5.41 Å². The second kappa shape index (κ2) is 6.41. The molecule has 0 saturated heterocycles. The minimum atomic E-state index is 0.284. The van der Waals surface area contributed by atoms with Crippen molar-refractivity contribution in [3.05, 3.63) is 0 Å². The summed E-state index contributed by atoms with van der Waals surface area (Å²) < 4.78 is 5.64. The molecule has 0 rings (SSSR count). The minimum Gasteiger partial charge on any atom is -0.378 e. The van der Waals surface area contributed by atoms with Crippen LogP contribution < -0.4 is 5.32 Å². The van der Waals surface area contributed by atoms with Gasteiger partial charge >= 0.3 is 0 Å². The van der Waals surface area contributed by atoms with Crippen LogP contribution in [0.3, 0.4) is 0 Å². The normalized spacial score (nSPS) is 12.9. The molecule has 0 fully saturated rings. The van der Waals surface area contributed by atoms with Crippen molar-refractivity contribution < 1.29 is 4.74 Å². The van der Waals surface area contributed by atoms with Gasteiger partial charge in [0.25, 0.3) is 0 Å². The highest BCUT2D eigenvalue weighted by molar-refractivity contribution is 4.70. The topological polar surface area (TPSA) is 21.3 Å². The van der Waals surface area contributed by atoms with Crippen molar-refractivity contribution in [1.29, 1.82) is 0 Å². The van der Waals surface area contributed by atoms with Crippen LogP contribution in [0.15, 0.2) is 0 Å². The molecular weight excluding hydrogens is 174 g/mol. The van der Waals surface area contributed by atoms with E-state index in [-0.39, 0.29) is 5.41 Å². The standard InChI is InChI=1S/C12H27NO/c1-10(2)13-8-7-12(5,6)9-14-11(3)4/h10-11,13H,7-9H2,1-6H3. The van der Waals surface area contributed by atoms with Gasteiger partial charge in [-0.2, -0.15) is 0 Å². The molecule has 2 heteroatoms. The molecule has 0 aliphatic carbocycles. The van der Waals surface area contributed by atoms with E-state index >= 15 is 0 Å². The van der Waals surface area contributed by atoms with E-state index in [2.05, 4.69) is 46.9 Å². The van der Waals surface area contributed by atoms with Crippen LogP contribution in [0.25, 0.3) is 0 Å². The van der Waals surface area contributed by atoms with Gasteiger partial charge in [-0.3, -0.25) is 0 Å². The first-order valence-corrected chi connectivity index (χ1v) is 5.68. The first kappa shape index (κ1) is 13.9. The van der Waals surface area contributed by atoms with E-state index in [0.29, 0.717) is 12.1 Å². The first-order chi connectivity index (χ1) is 6.33. The zero-order chi connectivity index (χ0) is 11.2. The van der Waals surface area contributed by atoms with Gasteiger partial charge in [0, 0.05) is 6.04 Å². The van der Waals surface area contributed by atoms with E-state index in [1.807, 2.05) is 0 Å². The molecule has 0 saturated carbocycles. The highest BCUT2D eigenvalue weighted by atomic mass is 16.5. The average Bonchev–Trinajstić information content (AvgIpc) is 2.00. The van der Waals surface area contributed by atoms with E-state index in [0.717, 1.165) is 19.6 Å². The van der Waals surface area contributed by atoms with Gasteiger partial charge in [-0.1, -0.05) is 27.7 Å². The molecule has 86 valence electrons. The monoisotopic (exact) mass is 201 g/mol. The Kier molecular flexibility index (Phi) is 6.38. The largest absolute Gasteiger partial charge is 0.378 e. The van der Waals surface area contributed by atoms with Crippen molar-refractivity contribution >= 4 is 0 Å². The fourth-order valence-electron chi connectivity index (χ4n) is 1.16. The summed E-state index contributed by atoms with van der Waals surface area (Å²) in [7, 11) is 0. The zero-order valence-corrected chi connectivity index (χ0v) is 10.7. The second-order valence-electron chi connectivity index (χ2n) is 5.38. The van der Waals surface area contributed by atoms with Crippen molar-refractivity contribution in [1.82, 2.24) is 5.32 Å². The molecule has 0 heterocycles. The van der Waals surface area contributed by atoms with Gasteiger partial charge in [0.15, 0.2) is 0 Å². The summed E-state index contributed by atoms with van der Waals surface area (Å²) in [6.45, 7) is 15.0. The maximum Gasteiger partial charge on any atom is 0.0521 e. The quantitative estimate of drug-likeness (QED) is 0.684. The summed E-state index contributed by atoms with van der Waals surface area (Å²) in [5.74, 6) is 0. The van der Waals surface area contributed by atoms with Gasteiger partial charge < -0.3 is 10.1 Å². The van der Waals surface area contributed by atoms with Crippen molar-refractivity contribution in [2.45, 2.75) is 60.1 Å². The molecule has 0 unspecified atom stereocenters. The van der Waals surface area contributed by atoms with Crippen LogP contribution in [0.2, 0.25) is 0 Å². The summed E-state index contributed by atoms with van der Waals surface area (Å²) in [6.07, 6.45) is 1.50. The number of rotatable bonds is 7. The molecule has 0 aromatic rings. The van der Waals surface area contributed by atoms with Crippen molar-refractivity contribution in [2.75, 3.05) is 13.2 Å². The molecule has 0 radical (unpaired) electrons. The molecule has 0 amide bonds. The molecule has 0 bridgehead atoms. The Morgan fingerprint density at radius 3 is 2.14 bits per heavy atom. The first-order valence-electron chi connectivity index (χ1n) is 5.68. The van der Waals surface area contributed by atoms with Gasteiger partial charge in [0.1, 0.15) is 0 Å². The van der Waals surface area contributed by atoms with Gasteiger partial charge in [0.05, 0.1) is 12.7 Å². The second-order valence-corrected chi connectivity index (χ2v) is 5.38. The van der Waals surface area contributed by atoms with Crippen LogP contribution in [0.5, 0.6) is 0 Å². The predicted octanol–water partition coefficient (Wildman–Crippen LogP) is 2.83. The van der Waals surface area contributed by atoms with E-state index in [1.165, 1.54) is 0 Å². The molecule has 1 N–H and O–H groups in total. The predicted molar refractivity (Wildman–Crippen MR) is 62.6 cm³/mol. The Bertz CT molecular complexity index is 141.